The summed E-state index contributed by atoms with van der Waals surface area (Å²) in [6.07, 6.45) is 0. The maximum Gasteiger partial charge on any atom is 0.309 e. The fourth-order valence-electron chi connectivity index (χ4n) is 2.04. The van der Waals surface area contributed by atoms with Gasteiger partial charge in [-0.2, -0.15) is 0 Å². The summed E-state index contributed by atoms with van der Waals surface area (Å²) < 4.78 is 0. The van der Waals surface area contributed by atoms with Crippen LogP contribution >= 0.6 is 0 Å². The van der Waals surface area contributed by atoms with Crippen LogP contribution in [0.1, 0.15) is 27.7 Å². The third kappa shape index (κ3) is 3.19. The van der Waals surface area contributed by atoms with E-state index in [2.05, 4.69) is 19.2 Å². The van der Waals surface area contributed by atoms with Crippen LogP contribution in [0.15, 0.2) is 0 Å². The van der Waals surface area contributed by atoms with Gasteiger partial charge in [0.2, 0.25) is 5.91 Å². The van der Waals surface area contributed by atoms with Gasteiger partial charge in [-0.15, -0.1) is 0 Å². The molecule has 1 heterocycles. The molecule has 1 fully saturated rings. The van der Waals surface area contributed by atoms with Crippen LogP contribution in [-0.4, -0.2) is 47.1 Å². The number of carbonyl (C=O) groups excluding carboxylic acids is 1. The molecule has 0 saturated carbocycles. The summed E-state index contributed by atoms with van der Waals surface area (Å²) in [4.78, 5) is 25.0. The van der Waals surface area contributed by atoms with Gasteiger partial charge in [0.05, 0.1) is 11.5 Å². The standard InChI is InChI=1S/C12H22N2O3/c1-8(2)6-14-7-9(10(15)16)5-13-11(17)12(14,3)4/h8-9H,5-7H2,1-4H3,(H,13,17)(H,15,16). The molecule has 0 radical (unpaired) electrons. The molecule has 2 N–H and O–H groups in total. The van der Waals surface area contributed by atoms with Crippen LogP contribution in [0.5, 0.6) is 0 Å². The first-order valence-corrected chi connectivity index (χ1v) is 6.01. The van der Waals surface area contributed by atoms with E-state index in [1.807, 2.05) is 18.7 Å². The highest BCUT2D eigenvalue weighted by atomic mass is 16.4. The van der Waals surface area contributed by atoms with Crippen LogP contribution in [0.2, 0.25) is 0 Å². The number of nitrogens with zero attached hydrogens (tertiary/aromatic N) is 1. The Hall–Kier alpha value is -1.10. The Labute approximate surface area is 102 Å². The van der Waals surface area contributed by atoms with Gasteiger partial charge in [-0.3, -0.25) is 14.5 Å². The first-order valence-electron chi connectivity index (χ1n) is 6.01. The maximum absolute atomic E-state index is 12.0. The molecule has 5 heteroatoms. The van der Waals surface area contributed by atoms with E-state index in [-0.39, 0.29) is 12.5 Å². The highest BCUT2D eigenvalue weighted by Crippen LogP contribution is 2.21. The minimum absolute atomic E-state index is 0.0955. The molecule has 1 amide bonds. The van der Waals surface area contributed by atoms with Crippen molar-refractivity contribution in [2.75, 3.05) is 19.6 Å². The highest BCUT2D eigenvalue weighted by Gasteiger charge is 2.40. The van der Waals surface area contributed by atoms with E-state index in [0.29, 0.717) is 12.5 Å². The lowest BCUT2D eigenvalue weighted by atomic mass is 9.99. The van der Waals surface area contributed by atoms with E-state index >= 15 is 0 Å². The number of hydrogen-bond acceptors (Lipinski definition) is 3. The van der Waals surface area contributed by atoms with Crippen molar-refractivity contribution >= 4 is 11.9 Å². The summed E-state index contributed by atoms with van der Waals surface area (Å²) in [6, 6.07) is 0. The number of aliphatic carboxylic acids is 1. The largest absolute Gasteiger partial charge is 0.481 e. The van der Waals surface area contributed by atoms with E-state index in [1.165, 1.54) is 0 Å². The lowest BCUT2D eigenvalue weighted by molar-refractivity contribution is -0.142. The Morgan fingerprint density at radius 1 is 1.59 bits per heavy atom. The Kier molecular flexibility index (Phi) is 4.14. The predicted molar refractivity (Wildman–Crippen MR) is 64.6 cm³/mol. The van der Waals surface area contributed by atoms with Crippen molar-refractivity contribution in [3.05, 3.63) is 0 Å². The molecule has 1 rings (SSSR count). The fraction of sp³-hybridized carbons (Fsp3) is 0.833. The molecule has 98 valence electrons. The predicted octanol–water partition coefficient (Wildman–Crippen LogP) is 0.554. The average molecular weight is 242 g/mol. The van der Waals surface area contributed by atoms with Gasteiger partial charge >= 0.3 is 5.97 Å². The zero-order chi connectivity index (χ0) is 13.2. The first-order chi connectivity index (χ1) is 7.75. The zero-order valence-electron chi connectivity index (χ0n) is 11.0. The Bertz CT molecular complexity index is 313. The summed E-state index contributed by atoms with van der Waals surface area (Å²) in [7, 11) is 0. The van der Waals surface area contributed by atoms with Gasteiger partial charge in [0, 0.05) is 19.6 Å². The van der Waals surface area contributed by atoms with Crippen LogP contribution in [0.3, 0.4) is 0 Å². The third-order valence-electron chi connectivity index (χ3n) is 3.23. The van der Waals surface area contributed by atoms with Crippen LogP contribution < -0.4 is 5.32 Å². The third-order valence-corrected chi connectivity index (χ3v) is 3.23. The van der Waals surface area contributed by atoms with E-state index in [1.54, 1.807) is 0 Å². The van der Waals surface area contributed by atoms with Crippen molar-refractivity contribution in [3.8, 4) is 0 Å². The van der Waals surface area contributed by atoms with Crippen LogP contribution in [-0.2, 0) is 9.59 Å². The van der Waals surface area contributed by atoms with E-state index in [0.717, 1.165) is 6.54 Å². The molecule has 1 unspecified atom stereocenters. The quantitative estimate of drug-likeness (QED) is 0.758. The fourth-order valence-corrected chi connectivity index (χ4v) is 2.04. The van der Waals surface area contributed by atoms with E-state index < -0.39 is 17.4 Å². The van der Waals surface area contributed by atoms with Gasteiger partial charge in [0.15, 0.2) is 0 Å². The molecule has 0 bridgehead atoms. The molecular weight excluding hydrogens is 220 g/mol. The van der Waals surface area contributed by atoms with Gasteiger partial charge in [0.1, 0.15) is 0 Å². The van der Waals surface area contributed by atoms with Crippen LogP contribution in [0.25, 0.3) is 0 Å². The minimum Gasteiger partial charge on any atom is -0.481 e. The van der Waals surface area contributed by atoms with E-state index in [9.17, 15) is 9.59 Å². The Morgan fingerprint density at radius 3 is 2.65 bits per heavy atom. The van der Waals surface area contributed by atoms with Crippen LogP contribution in [0.4, 0.5) is 0 Å². The number of carboxylic acids is 1. The summed E-state index contributed by atoms with van der Waals surface area (Å²) in [5.74, 6) is -1.08. The van der Waals surface area contributed by atoms with Gasteiger partial charge in [-0.05, 0) is 19.8 Å². The topological polar surface area (TPSA) is 69.6 Å². The molecule has 1 aliphatic rings. The van der Waals surface area contributed by atoms with Crippen molar-refractivity contribution < 1.29 is 14.7 Å². The molecular formula is C12H22N2O3. The van der Waals surface area contributed by atoms with Crippen molar-refractivity contribution in [2.24, 2.45) is 11.8 Å². The molecule has 5 nitrogen and oxygen atoms in total. The van der Waals surface area contributed by atoms with E-state index in [4.69, 9.17) is 5.11 Å². The second-order valence-electron chi connectivity index (χ2n) is 5.60. The first kappa shape index (κ1) is 14.0. The molecule has 1 atom stereocenters. The molecule has 1 saturated heterocycles. The number of carbonyl (C=O) groups is 2. The number of amides is 1. The summed E-state index contributed by atoms with van der Waals surface area (Å²) in [6.45, 7) is 9.17. The van der Waals surface area contributed by atoms with Crippen LogP contribution in [0, 0.1) is 11.8 Å². The van der Waals surface area contributed by atoms with Gasteiger partial charge in [0.25, 0.3) is 0 Å². The molecule has 0 aliphatic carbocycles. The molecule has 1 aliphatic heterocycles. The van der Waals surface area contributed by atoms with Gasteiger partial charge in [-0.1, -0.05) is 13.8 Å². The smallest absolute Gasteiger partial charge is 0.309 e. The van der Waals surface area contributed by atoms with Crippen molar-refractivity contribution in [1.29, 1.82) is 0 Å². The number of carboxylic acid groups (broad SMARTS) is 1. The Morgan fingerprint density at radius 2 is 2.18 bits per heavy atom. The van der Waals surface area contributed by atoms with Gasteiger partial charge in [-0.25, -0.2) is 0 Å². The summed E-state index contributed by atoms with van der Waals surface area (Å²) >= 11 is 0. The summed E-state index contributed by atoms with van der Waals surface area (Å²) in [5.41, 5.74) is -0.644. The SMILES string of the molecule is CC(C)CN1CC(C(=O)O)CNC(=O)C1(C)C. The molecule has 0 aromatic heterocycles. The number of hydrogen-bond donors (Lipinski definition) is 2. The summed E-state index contributed by atoms with van der Waals surface area (Å²) in [5, 5.41) is 11.8. The average Bonchev–Trinajstić information content (AvgIpc) is 2.29. The van der Waals surface area contributed by atoms with Gasteiger partial charge < -0.3 is 10.4 Å². The molecule has 0 aromatic rings. The molecule has 0 aromatic carbocycles. The second-order valence-corrected chi connectivity index (χ2v) is 5.60. The van der Waals surface area contributed by atoms with Crippen molar-refractivity contribution in [2.45, 2.75) is 33.2 Å². The van der Waals surface area contributed by atoms with Crippen molar-refractivity contribution in [3.63, 3.8) is 0 Å². The normalized spacial score (nSPS) is 25.5. The van der Waals surface area contributed by atoms with Crippen molar-refractivity contribution in [1.82, 2.24) is 10.2 Å². The molecule has 0 spiro atoms. The number of nitrogens with one attached hydrogen (secondary N) is 1. The zero-order valence-corrected chi connectivity index (χ0v) is 11.0. The lowest BCUT2D eigenvalue weighted by Gasteiger charge is -2.36. The Balaban J connectivity index is 2.92. The minimum atomic E-state index is -0.850. The highest BCUT2D eigenvalue weighted by molar-refractivity contribution is 5.86. The monoisotopic (exact) mass is 242 g/mol. The lowest BCUT2D eigenvalue weighted by Crippen LogP contribution is -2.54. The number of rotatable bonds is 3. The maximum atomic E-state index is 12.0. The second kappa shape index (κ2) is 5.04. The molecule has 17 heavy (non-hydrogen) atoms.